The molecule has 1 aliphatic heterocycles. The minimum absolute atomic E-state index is 0.0333. The van der Waals surface area contributed by atoms with E-state index in [0.29, 0.717) is 16.8 Å². The first kappa shape index (κ1) is 20.0. The van der Waals surface area contributed by atoms with Crippen molar-refractivity contribution in [3.05, 3.63) is 65.2 Å². The van der Waals surface area contributed by atoms with Gasteiger partial charge in [0.2, 0.25) is 5.91 Å². The van der Waals surface area contributed by atoms with E-state index in [2.05, 4.69) is 20.5 Å². The SMILES string of the molecule is CC(c1cccc(-c2ccc(F)cn2)c1)c1n[nH]c2c1C(O)(C(F)(F)F)CC(=O)N2. The Balaban J connectivity index is 1.78. The number of nitrogens with one attached hydrogen (secondary N) is 2. The molecule has 1 amide bonds. The number of H-pyrrole nitrogens is 1. The van der Waals surface area contributed by atoms with Crippen LogP contribution in [0, 0.1) is 5.82 Å². The lowest BCUT2D eigenvalue weighted by Gasteiger charge is -2.34. The van der Waals surface area contributed by atoms with E-state index in [4.69, 9.17) is 0 Å². The number of aliphatic hydroxyl groups is 1. The lowest BCUT2D eigenvalue weighted by molar-refractivity contribution is -0.267. The molecular weight excluding hydrogens is 404 g/mol. The summed E-state index contributed by atoms with van der Waals surface area (Å²) in [4.78, 5) is 15.7. The summed E-state index contributed by atoms with van der Waals surface area (Å²) in [5.74, 6) is -2.38. The number of nitrogens with zero attached hydrogens (tertiary/aromatic N) is 2. The minimum atomic E-state index is -5.07. The maximum atomic E-state index is 13.7. The number of carbonyl (C=O) groups excluding carboxylic acids is 1. The van der Waals surface area contributed by atoms with E-state index in [9.17, 15) is 27.5 Å². The van der Waals surface area contributed by atoms with Crippen molar-refractivity contribution in [2.45, 2.75) is 31.0 Å². The van der Waals surface area contributed by atoms with Gasteiger partial charge in [-0.3, -0.25) is 14.9 Å². The number of anilines is 1. The number of halogens is 4. The van der Waals surface area contributed by atoms with E-state index in [1.165, 1.54) is 12.1 Å². The molecule has 0 saturated carbocycles. The molecular formula is C20H16F4N4O2. The number of rotatable bonds is 3. The van der Waals surface area contributed by atoms with Crippen LogP contribution in [0.25, 0.3) is 11.3 Å². The third-order valence-corrected chi connectivity index (χ3v) is 5.18. The molecule has 0 fully saturated rings. The molecule has 6 nitrogen and oxygen atoms in total. The molecule has 4 rings (SSSR count). The summed E-state index contributed by atoms with van der Waals surface area (Å²) in [6.45, 7) is 1.64. The Morgan fingerprint density at radius 2 is 2.00 bits per heavy atom. The van der Waals surface area contributed by atoms with Gasteiger partial charge in [0.25, 0.3) is 0 Å². The molecule has 3 heterocycles. The fourth-order valence-corrected chi connectivity index (χ4v) is 3.60. The molecule has 2 aromatic heterocycles. The predicted octanol–water partition coefficient (Wildman–Crippen LogP) is 3.85. The van der Waals surface area contributed by atoms with Crippen LogP contribution >= 0.6 is 0 Å². The number of alkyl halides is 3. The number of amides is 1. The van der Waals surface area contributed by atoms with Crippen molar-refractivity contribution in [3.63, 3.8) is 0 Å². The fourth-order valence-electron chi connectivity index (χ4n) is 3.60. The van der Waals surface area contributed by atoms with Gasteiger partial charge in [-0.25, -0.2) is 4.39 Å². The van der Waals surface area contributed by atoms with Crippen LogP contribution in [0.15, 0.2) is 42.6 Å². The van der Waals surface area contributed by atoms with Crippen molar-refractivity contribution >= 4 is 11.7 Å². The molecule has 30 heavy (non-hydrogen) atoms. The molecule has 0 spiro atoms. The van der Waals surface area contributed by atoms with Gasteiger partial charge in [-0.1, -0.05) is 25.1 Å². The van der Waals surface area contributed by atoms with E-state index in [-0.39, 0.29) is 11.5 Å². The summed E-state index contributed by atoms with van der Waals surface area (Å²) >= 11 is 0. The zero-order chi connectivity index (χ0) is 21.7. The van der Waals surface area contributed by atoms with Gasteiger partial charge in [0.1, 0.15) is 11.6 Å². The topological polar surface area (TPSA) is 90.9 Å². The van der Waals surface area contributed by atoms with E-state index in [1.54, 1.807) is 31.2 Å². The highest BCUT2D eigenvalue weighted by molar-refractivity contribution is 5.94. The Morgan fingerprint density at radius 1 is 1.23 bits per heavy atom. The molecule has 0 bridgehead atoms. The Hall–Kier alpha value is -3.27. The second-order valence-corrected chi connectivity index (χ2v) is 7.15. The van der Waals surface area contributed by atoms with Gasteiger partial charge >= 0.3 is 6.18 Å². The predicted molar refractivity (Wildman–Crippen MR) is 98.9 cm³/mol. The Kier molecular flexibility index (Phi) is 4.61. The van der Waals surface area contributed by atoms with Gasteiger partial charge in [0.05, 0.1) is 29.6 Å². The first-order chi connectivity index (χ1) is 14.1. The summed E-state index contributed by atoms with van der Waals surface area (Å²) < 4.78 is 54.3. The number of carbonyl (C=O) groups is 1. The molecule has 3 N–H and O–H groups in total. The molecule has 10 heteroatoms. The van der Waals surface area contributed by atoms with E-state index in [1.807, 2.05) is 0 Å². The lowest BCUT2D eigenvalue weighted by Crippen LogP contribution is -2.48. The molecule has 1 aliphatic rings. The van der Waals surface area contributed by atoms with E-state index >= 15 is 0 Å². The largest absolute Gasteiger partial charge is 0.422 e. The molecule has 156 valence electrons. The van der Waals surface area contributed by atoms with Gasteiger partial charge in [0, 0.05) is 11.5 Å². The maximum Gasteiger partial charge on any atom is 0.422 e. The van der Waals surface area contributed by atoms with Gasteiger partial charge in [-0.15, -0.1) is 0 Å². The van der Waals surface area contributed by atoms with Crippen molar-refractivity contribution in [1.29, 1.82) is 0 Å². The van der Waals surface area contributed by atoms with Crippen molar-refractivity contribution in [2.24, 2.45) is 0 Å². The first-order valence-corrected chi connectivity index (χ1v) is 9.00. The standard InChI is InChI=1S/C20H16F4N4O2/c1-10(11-3-2-4-12(7-11)14-6-5-13(21)9-25-14)17-16-18(28-27-17)26-15(29)8-19(16,30)20(22,23)24/h2-7,9-10,30H,8H2,1H3,(H2,26,27,28,29). The zero-order valence-electron chi connectivity index (χ0n) is 15.6. The third-order valence-electron chi connectivity index (χ3n) is 5.18. The Morgan fingerprint density at radius 3 is 2.67 bits per heavy atom. The molecule has 2 atom stereocenters. The highest BCUT2D eigenvalue weighted by atomic mass is 19.4. The second kappa shape index (κ2) is 6.91. The van der Waals surface area contributed by atoms with Crippen LogP contribution < -0.4 is 5.32 Å². The molecule has 0 aliphatic carbocycles. The number of hydrogen-bond acceptors (Lipinski definition) is 4. The van der Waals surface area contributed by atoms with Crippen molar-refractivity contribution in [2.75, 3.05) is 5.32 Å². The van der Waals surface area contributed by atoms with Crippen LogP contribution in [-0.4, -0.2) is 32.4 Å². The molecule has 0 radical (unpaired) electrons. The van der Waals surface area contributed by atoms with E-state index < -0.39 is 41.4 Å². The average Bonchev–Trinajstić information content (AvgIpc) is 3.11. The summed E-state index contributed by atoms with van der Waals surface area (Å²) in [7, 11) is 0. The summed E-state index contributed by atoms with van der Waals surface area (Å²) in [5, 5.41) is 19.1. The average molecular weight is 420 g/mol. The number of fused-ring (bicyclic) bond motifs is 1. The van der Waals surface area contributed by atoms with Crippen molar-refractivity contribution in [3.8, 4) is 11.3 Å². The summed E-state index contributed by atoms with van der Waals surface area (Å²) in [5.41, 5.74) is -2.13. The molecule has 0 saturated heterocycles. The zero-order valence-corrected chi connectivity index (χ0v) is 15.6. The van der Waals surface area contributed by atoms with E-state index in [0.717, 1.165) is 6.20 Å². The van der Waals surface area contributed by atoms with Crippen LogP contribution in [0.2, 0.25) is 0 Å². The maximum absolute atomic E-state index is 13.7. The molecule has 2 unspecified atom stereocenters. The van der Waals surface area contributed by atoms with Gasteiger partial charge in [-0.05, 0) is 23.8 Å². The highest BCUT2D eigenvalue weighted by Gasteiger charge is 2.60. The van der Waals surface area contributed by atoms with Crippen molar-refractivity contribution in [1.82, 2.24) is 15.2 Å². The Labute approximate surface area is 168 Å². The second-order valence-electron chi connectivity index (χ2n) is 7.15. The van der Waals surface area contributed by atoms with Crippen LogP contribution in [0.5, 0.6) is 0 Å². The number of aromatic amines is 1. The number of hydrogen-bond donors (Lipinski definition) is 3. The first-order valence-electron chi connectivity index (χ1n) is 9.00. The number of pyridine rings is 1. The monoisotopic (exact) mass is 420 g/mol. The van der Waals surface area contributed by atoms with Gasteiger partial charge in [0.15, 0.2) is 5.60 Å². The van der Waals surface area contributed by atoms with Crippen LogP contribution in [-0.2, 0) is 10.4 Å². The molecule has 3 aromatic rings. The van der Waals surface area contributed by atoms with Crippen LogP contribution in [0.1, 0.15) is 36.1 Å². The lowest BCUT2D eigenvalue weighted by atomic mass is 9.82. The van der Waals surface area contributed by atoms with Crippen LogP contribution in [0.3, 0.4) is 0 Å². The summed E-state index contributed by atoms with van der Waals surface area (Å²) in [6.07, 6.45) is -5.15. The summed E-state index contributed by atoms with van der Waals surface area (Å²) in [6, 6.07) is 9.60. The van der Waals surface area contributed by atoms with Crippen LogP contribution in [0.4, 0.5) is 23.4 Å². The number of benzene rings is 1. The quantitative estimate of drug-likeness (QED) is 0.562. The minimum Gasteiger partial charge on any atom is -0.376 e. The van der Waals surface area contributed by atoms with Gasteiger partial charge < -0.3 is 10.4 Å². The molecule has 1 aromatic carbocycles. The normalized spacial score (nSPS) is 19.9. The third kappa shape index (κ3) is 3.22. The smallest absolute Gasteiger partial charge is 0.376 e. The number of aromatic nitrogens is 3. The highest BCUT2D eigenvalue weighted by Crippen LogP contribution is 2.49. The Bertz CT molecular complexity index is 1110. The van der Waals surface area contributed by atoms with Crippen molar-refractivity contribution < 1.29 is 27.5 Å². The van der Waals surface area contributed by atoms with Gasteiger partial charge in [-0.2, -0.15) is 18.3 Å². The fraction of sp³-hybridized carbons (Fsp3) is 0.250.